The van der Waals surface area contributed by atoms with Crippen LogP contribution in [-0.4, -0.2) is 33.8 Å². The molecule has 0 saturated heterocycles. The van der Waals surface area contributed by atoms with Crippen molar-refractivity contribution in [2.45, 2.75) is 25.5 Å². The van der Waals surface area contributed by atoms with Gasteiger partial charge in [-0.2, -0.15) is 0 Å². The van der Waals surface area contributed by atoms with Crippen molar-refractivity contribution in [2.24, 2.45) is 0 Å². The van der Waals surface area contributed by atoms with Gasteiger partial charge < -0.3 is 19.9 Å². The van der Waals surface area contributed by atoms with E-state index >= 15 is 0 Å². The number of para-hydroxylation sites is 1. The van der Waals surface area contributed by atoms with Crippen molar-refractivity contribution in [1.82, 2.24) is 9.88 Å². The Hall–Kier alpha value is -2.99. The molecule has 2 aliphatic rings. The lowest BCUT2D eigenvalue weighted by molar-refractivity contribution is -0.155. The summed E-state index contributed by atoms with van der Waals surface area (Å²) >= 11 is 5.98. The van der Waals surface area contributed by atoms with Crippen LogP contribution < -0.4 is 10.1 Å². The van der Waals surface area contributed by atoms with Gasteiger partial charge in [0.1, 0.15) is 5.75 Å². The number of benzene rings is 2. The third-order valence-corrected chi connectivity index (χ3v) is 5.75. The summed E-state index contributed by atoms with van der Waals surface area (Å²) in [7, 11) is 0. The van der Waals surface area contributed by atoms with E-state index in [9.17, 15) is 9.59 Å². The van der Waals surface area contributed by atoms with Crippen LogP contribution in [0.15, 0.2) is 42.5 Å². The summed E-state index contributed by atoms with van der Waals surface area (Å²) in [6.07, 6.45) is 0.708. The van der Waals surface area contributed by atoms with E-state index in [1.165, 1.54) is 6.92 Å². The highest BCUT2D eigenvalue weighted by atomic mass is 35.5. The van der Waals surface area contributed by atoms with Crippen molar-refractivity contribution in [3.05, 3.63) is 58.7 Å². The number of anilines is 1. The van der Waals surface area contributed by atoms with Gasteiger partial charge >= 0.3 is 0 Å². The number of aromatic amines is 1. The van der Waals surface area contributed by atoms with Gasteiger partial charge in [-0.3, -0.25) is 9.59 Å². The third-order valence-electron chi connectivity index (χ3n) is 5.52. The maximum absolute atomic E-state index is 13.3. The summed E-state index contributed by atoms with van der Waals surface area (Å²) in [5.41, 5.74) is 2.15. The monoisotopic (exact) mass is 395 g/mol. The van der Waals surface area contributed by atoms with E-state index in [1.807, 2.05) is 24.3 Å². The van der Waals surface area contributed by atoms with Gasteiger partial charge in [0.15, 0.2) is 0 Å². The van der Waals surface area contributed by atoms with Crippen LogP contribution in [0.1, 0.15) is 18.2 Å². The number of nitrogens with one attached hydrogen (secondary N) is 2. The molecule has 142 valence electrons. The van der Waals surface area contributed by atoms with Crippen LogP contribution in [0, 0.1) is 0 Å². The average molecular weight is 396 g/mol. The zero-order valence-corrected chi connectivity index (χ0v) is 16.0. The molecule has 5 rings (SSSR count). The van der Waals surface area contributed by atoms with Crippen LogP contribution in [0.3, 0.4) is 0 Å². The Morgan fingerprint density at radius 1 is 1.25 bits per heavy atom. The van der Waals surface area contributed by atoms with E-state index in [2.05, 4.69) is 10.3 Å². The number of carbonyl (C=O) groups excluding carboxylic acids is 2. The molecular formula is C21H18ClN3O3. The lowest BCUT2D eigenvalue weighted by Crippen LogP contribution is -2.60. The molecule has 0 aliphatic carbocycles. The zero-order chi connectivity index (χ0) is 19.5. The van der Waals surface area contributed by atoms with E-state index in [1.54, 1.807) is 23.1 Å². The quantitative estimate of drug-likeness (QED) is 0.619. The number of H-pyrrole nitrogens is 1. The summed E-state index contributed by atoms with van der Waals surface area (Å²) < 4.78 is 5.89. The smallest absolute Gasteiger partial charge is 0.278 e. The summed E-state index contributed by atoms with van der Waals surface area (Å²) in [6, 6.07) is 13.0. The summed E-state index contributed by atoms with van der Waals surface area (Å²) in [4.78, 5) is 31.2. The number of amides is 2. The Bertz CT molecular complexity index is 1140. The second kappa shape index (κ2) is 6.01. The number of fused-ring (bicyclic) bond motifs is 4. The summed E-state index contributed by atoms with van der Waals surface area (Å²) in [5, 5.41) is 4.35. The van der Waals surface area contributed by atoms with Gasteiger partial charge in [0, 0.05) is 46.7 Å². The van der Waals surface area contributed by atoms with Gasteiger partial charge in [0.2, 0.25) is 0 Å². The van der Waals surface area contributed by atoms with E-state index in [-0.39, 0.29) is 5.91 Å². The minimum atomic E-state index is -1.62. The van der Waals surface area contributed by atoms with E-state index in [0.717, 1.165) is 22.2 Å². The molecule has 1 aromatic heterocycles. The molecule has 1 atom stereocenters. The average Bonchev–Trinajstić information content (AvgIpc) is 3.06. The van der Waals surface area contributed by atoms with Crippen LogP contribution in [0.2, 0.25) is 5.02 Å². The highest BCUT2D eigenvalue weighted by Gasteiger charge is 2.49. The molecule has 1 unspecified atom stereocenters. The number of hydrogen-bond acceptors (Lipinski definition) is 3. The molecule has 2 N–H and O–H groups in total. The van der Waals surface area contributed by atoms with E-state index in [4.69, 9.17) is 16.3 Å². The standard InChI is InChI=1S/C21H18ClN3O3/c1-21(19(26)24-17-10-12(22)6-7-18(17)28-21)20(27)25-9-8-16-14(11-25)13-4-2-3-5-15(13)23-16/h2-7,10,23H,8-9,11H2,1H3,(H,24,26). The van der Waals surface area contributed by atoms with Crippen LogP contribution >= 0.6 is 11.6 Å². The van der Waals surface area contributed by atoms with Crippen molar-refractivity contribution >= 4 is 40.0 Å². The van der Waals surface area contributed by atoms with Crippen LogP contribution in [0.25, 0.3) is 10.9 Å². The van der Waals surface area contributed by atoms with Crippen molar-refractivity contribution in [3.8, 4) is 5.75 Å². The van der Waals surface area contributed by atoms with Gasteiger partial charge in [-0.15, -0.1) is 0 Å². The first-order valence-corrected chi connectivity index (χ1v) is 9.51. The molecule has 2 aliphatic heterocycles. The minimum absolute atomic E-state index is 0.346. The number of halogens is 1. The normalized spacial score (nSPS) is 20.9. The molecule has 0 spiro atoms. The molecule has 0 bridgehead atoms. The SMILES string of the molecule is CC1(C(=O)N2CCc3[nH]c4ccccc4c3C2)Oc2ccc(Cl)cc2NC1=O. The number of ether oxygens (including phenoxy) is 1. The molecule has 7 heteroatoms. The Morgan fingerprint density at radius 2 is 2.07 bits per heavy atom. The lowest BCUT2D eigenvalue weighted by Gasteiger charge is -2.38. The first-order valence-electron chi connectivity index (χ1n) is 9.13. The highest BCUT2D eigenvalue weighted by Crippen LogP contribution is 2.37. The fourth-order valence-corrected chi connectivity index (χ4v) is 4.15. The van der Waals surface area contributed by atoms with Gasteiger partial charge in [-0.05, 0) is 31.2 Å². The minimum Gasteiger partial charge on any atom is -0.466 e. The molecule has 6 nitrogen and oxygen atoms in total. The topological polar surface area (TPSA) is 74.4 Å². The molecule has 0 fully saturated rings. The molecule has 3 heterocycles. The first kappa shape index (κ1) is 17.1. The largest absolute Gasteiger partial charge is 0.466 e. The van der Waals surface area contributed by atoms with Crippen LogP contribution in [0.5, 0.6) is 5.75 Å². The van der Waals surface area contributed by atoms with E-state index in [0.29, 0.717) is 36.0 Å². The predicted octanol–water partition coefficient (Wildman–Crippen LogP) is 3.50. The van der Waals surface area contributed by atoms with Crippen molar-refractivity contribution in [1.29, 1.82) is 0 Å². The summed E-state index contributed by atoms with van der Waals surface area (Å²) in [5.74, 6) is -0.400. The molecule has 2 aromatic carbocycles. The number of hydrogen-bond donors (Lipinski definition) is 2. The van der Waals surface area contributed by atoms with Crippen molar-refractivity contribution in [3.63, 3.8) is 0 Å². The maximum atomic E-state index is 13.3. The van der Waals surface area contributed by atoms with Crippen molar-refractivity contribution in [2.75, 3.05) is 11.9 Å². The fourth-order valence-electron chi connectivity index (χ4n) is 3.98. The number of aromatic nitrogens is 1. The number of carbonyl (C=O) groups is 2. The number of nitrogens with zero attached hydrogens (tertiary/aromatic N) is 1. The molecule has 0 radical (unpaired) electrons. The second-order valence-corrected chi connectivity index (χ2v) is 7.77. The second-order valence-electron chi connectivity index (χ2n) is 7.33. The zero-order valence-electron chi connectivity index (χ0n) is 15.2. The Morgan fingerprint density at radius 3 is 2.93 bits per heavy atom. The molecule has 28 heavy (non-hydrogen) atoms. The van der Waals surface area contributed by atoms with Gasteiger partial charge in [0.05, 0.1) is 5.69 Å². The third kappa shape index (κ3) is 2.48. The highest BCUT2D eigenvalue weighted by molar-refractivity contribution is 6.31. The van der Waals surface area contributed by atoms with Gasteiger partial charge in [0.25, 0.3) is 17.4 Å². The van der Waals surface area contributed by atoms with Gasteiger partial charge in [-0.25, -0.2) is 0 Å². The number of rotatable bonds is 1. The molecular weight excluding hydrogens is 378 g/mol. The Balaban J connectivity index is 1.46. The van der Waals surface area contributed by atoms with Crippen LogP contribution in [-0.2, 0) is 22.6 Å². The Kier molecular flexibility index (Phi) is 3.67. The first-order chi connectivity index (χ1) is 13.5. The molecule has 0 saturated carbocycles. The predicted molar refractivity (Wildman–Crippen MR) is 107 cm³/mol. The Labute approximate surface area is 166 Å². The molecule has 3 aromatic rings. The van der Waals surface area contributed by atoms with Gasteiger partial charge in [-0.1, -0.05) is 29.8 Å². The molecule has 2 amide bonds. The fraction of sp³-hybridized carbons (Fsp3) is 0.238. The van der Waals surface area contributed by atoms with Crippen molar-refractivity contribution < 1.29 is 14.3 Å². The lowest BCUT2D eigenvalue weighted by atomic mass is 9.97. The summed E-state index contributed by atoms with van der Waals surface area (Å²) in [6.45, 7) is 2.49. The van der Waals surface area contributed by atoms with Crippen LogP contribution in [0.4, 0.5) is 5.69 Å². The van der Waals surface area contributed by atoms with E-state index < -0.39 is 11.5 Å². The maximum Gasteiger partial charge on any atom is 0.278 e.